The van der Waals surface area contributed by atoms with Gasteiger partial charge in [0.1, 0.15) is 16.1 Å². The lowest BCUT2D eigenvalue weighted by Gasteiger charge is -2.21. The zero-order chi connectivity index (χ0) is 13.1. The Kier molecular flexibility index (Phi) is 4.86. The summed E-state index contributed by atoms with van der Waals surface area (Å²) in [6.07, 6.45) is 1.37. The van der Waals surface area contributed by atoms with Crippen molar-refractivity contribution < 1.29 is 19.1 Å². The van der Waals surface area contributed by atoms with Gasteiger partial charge in [-0.05, 0) is 40.5 Å². The van der Waals surface area contributed by atoms with Gasteiger partial charge < -0.3 is 9.47 Å². The summed E-state index contributed by atoms with van der Waals surface area (Å²) in [6, 6.07) is 0. The number of thioether (sulfide) groups is 1. The molecule has 4 nitrogen and oxygen atoms in total. The Morgan fingerprint density at radius 2 is 1.71 bits per heavy atom. The Bertz CT molecular complexity index is 295. The van der Waals surface area contributed by atoms with Crippen molar-refractivity contribution in [3.8, 4) is 0 Å². The molecule has 0 radical (unpaired) electrons. The van der Waals surface area contributed by atoms with Crippen LogP contribution in [0.3, 0.4) is 0 Å². The highest BCUT2D eigenvalue weighted by molar-refractivity contribution is 8.02. The maximum atomic E-state index is 11.8. The summed E-state index contributed by atoms with van der Waals surface area (Å²) in [5.74, 6) is -0.446. The van der Waals surface area contributed by atoms with Crippen LogP contribution in [0.5, 0.6) is 0 Å². The Morgan fingerprint density at radius 3 is 2.18 bits per heavy atom. The molecule has 0 saturated carbocycles. The van der Waals surface area contributed by atoms with E-state index in [1.54, 1.807) is 6.92 Å². The molecular formula is C12H20O4S. The molecule has 5 heteroatoms. The van der Waals surface area contributed by atoms with E-state index in [0.29, 0.717) is 19.4 Å². The van der Waals surface area contributed by atoms with Crippen molar-refractivity contribution in [1.29, 1.82) is 0 Å². The lowest BCUT2D eigenvalue weighted by Crippen LogP contribution is -2.29. The predicted octanol–water partition coefficient (Wildman–Crippen LogP) is 2.16. The first-order valence-electron chi connectivity index (χ1n) is 5.88. The first kappa shape index (κ1) is 14.4. The molecule has 0 aliphatic carbocycles. The van der Waals surface area contributed by atoms with E-state index >= 15 is 0 Å². The van der Waals surface area contributed by atoms with Gasteiger partial charge in [-0.3, -0.25) is 9.59 Å². The number of carbonyl (C=O) groups is 2. The number of hydrogen-bond donors (Lipinski definition) is 0. The van der Waals surface area contributed by atoms with E-state index in [4.69, 9.17) is 9.47 Å². The lowest BCUT2D eigenvalue weighted by molar-refractivity contribution is -0.154. The molecule has 1 saturated heterocycles. The standard InChI is InChI=1S/C12H20O4S/c1-5-15-10(13)8-6-7-9(17-8)11(14)16-12(2,3)4/h8-9H,5-7H2,1-4H3/t8-,9-/m0/s1. The van der Waals surface area contributed by atoms with Crippen LogP contribution in [0, 0.1) is 0 Å². The molecule has 0 aromatic heterocycles. The molecule has 1 fully saturated rings. The molecule has 1 rings (SSSR count). The number of carbonyl (C=O) groups excluding carboxylic acids is 2. The van der Waals surface area contributed by atoms with Gasteiger partial charge >= 0.3 is 11.9 Å². The van der Waals surface area contributed by atoms with E-state index in [0.717, 1.165) is 0 Å². The van der Waals surface area contributed by atoms with Gasteiger partial charge in [0.2, 0.25) is 0 Å². The van der Waals surface area contributed by atoms with Gasteiger partial charge in [0.15, 0.2) is 0 Å². The summed E-state index contributed by atoms with van der Waals surface area (Å²) in [6.45, 7) is 7.68. The van der Waals surface area contributed by atoms with Crippen LogP contribution in [0.15, 0.2) is 0 Å². The average molecular weight is 260 g/mol. The van der Waals surface area contributed by atoms with Crippen LogP contribution in [-0.4, -0.2) is 34.6 Å². The normalized spacial score (nSPS) is 24.5. The van der Waals surface area contributed by atoms with Gasteiger partial charge in [0.25, 0.3) is 0 Å². The van der Waals surface area contributed by atoms with E-state index in [-0.39, 0.29) is 22.4 Å². The SMILES string of the molecule is CCOC(=O)[C@@H]1CC[C@@H](C(=O)OC(C)(C)C)S1. The van der Waals surface area contributed by atoms with Gasteiger partial charge in [-0.2, -0.15) is 0 Å². The Hall–Kier alpha value is -0.710. The maximum Gasteiger partial charge on any atom is 0.319 e. The fourth-order valence-electron chi connectivity index (χ4n) is 1.59. The van der Waals surface area contributed by atoms with Crippen LogP contribution in [0.2, 0.25) is 0 Å². The highest BCUT2D eigenvalue weighted by atomic mass is 32.2. The van der Waals surface area contributed by atoms with Gasteiger partial charge in [-0.15, -0.1) is 11.8 Å². The van der Waals surface area contributed by atoms with Crippen molar-refractivity contribution in [2.75, 3.05) is 6.61 Å². The zero-order valence-electron chi connectivity index (χ0n) is 10.8. The summed E-state index contributed by atoms with van der Waals surface area (Å²) in [7, 11) is 0. The topological polar surface area (TPSA) is 52.6 Å². The summed E-state index contributed by atoms with van der Waals surface area (Å²) >= 11 is 1.36. The minimum absolute atomic E-state index is 0.215. The largest absolute Gasteiger partial charge is 0.465 e. The van der Waals surface area contributed by atoms with E-state index in [9.17, 15) is 9.59 Å². The second-order valence-corrected chi connectivity index (χ2v) is 6.39. The quantitative estimate of drug-likeness (QED) is 0.728. The predicted molar refractivity (Wildman–Crippen MR) is 66.9 cm³/mol. The molecule has 0 spiro atoms. The molecule has 1 aliphatic rings. The molecule has 0 unspecified atom stereocenters. The Balaban J connectivity index is 2.45. The highest BCUT2D eigenvalue weighted by Gasteiger charge is 2.37. The first-order chi connectivity index (χ1) is 7.83. The van der Waals surface area contributed by atoms with Gasteiger partial charge in [-0.1, -0.05) is 0 Å². The highest BCUT2D eigenvalue weighted by Crippen LogP contribution is 2.35. The number of hydrogen-bond acceptors (Lipinski definition) is 5. The molecule has 0 N–H and O–H groups in total. The van der Waals surface area contributed by atoms with Gasteiger partial charge in [0, 0.05) is 0 Å². The number of ether oxygens (including phenoxy) is 2. The Morgan fingerprint density at radius 1 is 1.18 bits per heavy atom. The van der Waals surface area contributed by atoms with E-state index in [1.165, 1.54) is 11.8 Å². The van der Waals surface area contributed by atoms with Crippen LogP contribution in [0.1, 0.15) is 40.5 Å². The minimum Gasteiger partial charge on any atom is -0.465 e. The third-order valence-electron chi connectivity index (χ3n) is 2.24. The van der Waals surface area contributed by atoms with Crippen LogP contribution in [0.25, 0.3) is 0 Å². The molecule has 98 valence electrons. The average Bonchev–Trinajstić information content (AvgIpc) is 2.63. The molecular weight excluding hydrogens is 240 g/mol. The molecule has 1 aliphatic heterocycles. The van der Waals surface area contributed by atoms with Crippen molar-refractivity contribution >= 4 is 23.7 Å². The third kappa shape index (κ3) is 4.58. The Labute approximate surface area is 106 Å². The van der Waals surface area contributed by atoms with Crippen molar-refractivity contribution in [2.45, 2.75) is 56.6 Å². The van der Waals surface area contributed by atoms with Gasteiger partial charge in [0.05, 0.1) is 6.61 Å². The zero-order valence-corrected chi connectivity index (χ0v) is 11.6. The summed E-state index contributed by atoms with van der Waals surface area (Å²) in [5.41, 5.74) is -0.473. The monoisotopic (exact) mass is 260 g/mol. The molecule has 17 heavy (non-hydrogen) atoms. The summed E-state index contributed by atoms with van der Waals surface area (Å²) in [5, 5.41) is -0.448. The van der Waals surface area contributed by atoms with Crippen LogP contribution in [-0.2, 0) is 19.1 Å². The van der Waals surface area contributed by atoms with Gasteiger partial charge in [-0.25, -0.2) is 0 Å². The number of rotatable bonds is 3. The molecule has 2 atom stereocenters. The molecule has 0 amide bonds. The lowest BCUT2D eigenvalue weighted by atomic mass is 10.1. The molecule has 0 aromatic rings. The van der Waals surface area contributed by atoms with Crippen molar-refractivity contribution in [2.24, 2.45) is 0 Å². The van der Waals surface area contributed by atoms with Crippen LogP contribution in [0.4, 0.5) is 0 Å². The van der Waals surface area contributed by atoms with Crippen LogP contribution < -0.4 is 0 Å². The van der Waals surface area contributed by atoms with Crippen molar-refractivity contribution in [1.82, 2.24) is 0 Å². The van der Waals surface area contributed by atoms with E-state index < -0.39 is 5.60 Å². The third-order valence-corrected chi connectivity index (χ3v) is 3.75. The van der Waals surface area contributed by atoms with E-state index in [1.807, 2.05) is 20.8 Å². The first-order valence-corrected chi connectivity index (χ1v) is 6.82. The molecule has 1 heterocycles. The smallest absolute Gasteiger partial charge is 0.319 e. The van der Waals surface area contributed by atoms with E-state index in [2.05, 4.69) is 0 Å². The number of esters is 2. The molecule has 0 bridgehead atoms. The molecule has 0 aromatic carbocycles. The maximum absolute atomic E-state index is 11.8. The summed E-state index contributed by atoms with van der Waals surface area (Å²) in [4.78, 5) is 23.3. The second-order valence-electron chi connectivity index (χ2n) is 4.98. The minimum atomic E-state index is -0.473. The second kappa shape index (κ2) is 5.76. The summed E-state index contributed by atoms with van der Waals surface area (Å²) < 4.78 is 10.2. The van der Waals surface area contributed by atoms with Crippen LogP contribution >= 0.6 is 11.8 Å². The van der Waals surface area contributed by atoms with Crippen molar-refractivity contribution in [3.05, 3.63) is 0 Å². The fourth-order valence-corrected chi connectivity index (χ4v) is 2.87. The van der Waals surface area contributed by atoms with Crippen molar-refractivity contribution in [3.63, 3.8) is 0 Å². The fraction of sp³-hybridized carbons (Fsp3) is 0.833.